The highest BCUT2D eigenvalue weighted by atomic mass is 16.6. The van der Waals surface area contributed by atoms with E-state index in [4.69, 9.17) is 10.00 Å². The van der Waals surface area contributed by atoms with Crippen LogP contribution >= 0.6 is 0 Å². The van der Waals surface area contributed by atoms with Crippen molar-refractivity contribution < 1.29 is 9.53 Å². The van der Waals surface area contributed by atoms with Gasteiger partial charge in [0.05, 0.1) is 6.54 Å². The molecule has 6 nitrogen and oxygen atoms in total. The first kappa shape index (κ1) is 13.7. The number of likely N-dealkylation sites (N-methyl/N-ethyl adjacent to an activating group) is 1. The Hall–Kier alpha value is -2.29. The number of carbonyl (C=O) groups excluding carboxylic acids is 1. The highest BCUT2D eigenvalue weighted by Gasteiger charge is 2.44. The Labute approximate surface area is 123 Å². The van der Waals surface area contributed by atoms with Gasteiger partial charge in [0.15, 0.2) is 0 Å². The summed E-state index contributed by atoms with van der Waals surface area (Å²) in [5.74, 6) is 0.823. The predicted octanol–water partition coefficient (Wildman–Crippen LogP) is 1.76. The second-order valence-electron chi connectivity index (χ2n) is 5.74. The highest BCUT2D eigenvalue weighted by Crippen LogP contribution is 2.33. The fourth-order valence-electron chi connectivity index (χ4n) is 3.11. The van der Waals surface area contributed by atoms with Crippen LogP contribution in [0.5, 0.6) is 0 Å². The number of nitriles is 1. The van der Waals surface area contributed by atoms with Crippen LogP contribution in [0.1, 0.15) is 25.0 Å². The summed E-state index contributed by atoms with van der Waals surface area (Å²) in [5.41, 5.74) is 0.0754. The van der Waals surface area contributed by atoms with Gasteiger partial charge in [0, 0.05) is 26.6 Å². The van der Waals surface area contributed by atoms with Crippen molar-refractivity contribution in [2.75, 3.05) is 31.6 Å². The van der Waals surface area contributed by atoms with Gasteiger partial charge in [-0.25, -0.2) is 9.78 Å². The molecular formula is C15H18N4O2. The molecule has 1 atom stereocenters. The summed E-state index contributed by atoms with van der Waals surface area (Å²) in [4.78, 5) is 19.8. The molecular weight excluding hydrogens is 268 g/mol. The first-order chi connectivity index (χ1) is 10.1. The maximum absolute atomic E-state index is 11.6. The van der Waals surface area contributed by atoms with Gasteiger partial charge in [-0.05, 0) is 25.0 Å². The maximum atomic E-state index is 11.6. The molecule has 0 unspecified atom stereocenters. The van der Waals surface area contributed by atoms with Gasteiger partial charge >= 0.3 is 6.09 Å². The fourth-order valence-corrected chi connectivity index (χ4v) is 3.11. The van der Waals surface area contributed by atoms with Gasteiger partial charge in [-0.1, -0.05) is 6.07 Å². The Bertz CT molecular complexity index is 598. The van der Waals surface area contributed by atoms with Crippen molar-refractivity contribution in [1.82, 2.24) is 9.88 Å². The molecule has 2 aliphatic heterocycles. The molecule has 2 fully saturated rings. The predicted molar refractivity (Wildman–Crippen MR) is 76.9 cm³/mol. The zero-order valence-corrected chi connectivity index (χ0v) is 12.1. The van der Waals surface area contributed by atoms with E-state index in [9.17, 15) is 4.79 Å². The molecule has 0 bridgehead atoms. The van der Waals surface area contributed by atoms with Crippen molar-refractivity contribution in [2.45, 2.75) is 24.9 Å². The van der Waals surface area contributed by atoms with Crippen LogP contribution in [-0.4, -0.2) is 48.3 Å². The molecule has 110 valence electrons. The molecule has 0 radical (unpaired) electrons. The largest absolute Gasteiger partial charge is 0.441 e. The van der Waals surface area contributed by atoms with Gasteiger partial charge in [-0.3, -0.25) is 0 Å². The van der Waals surface area contributed by atoms with Crippen LogP contribution in [0, 0.1) is 11.3 Å². The Morgan fingerprint density at radius 1 is 1.38 bits per heavy atom. The second-order valence-corrected chi connectivity index (χ2v) is 5.74. The third-order valence-corrected chi connectivity index (χ3v) is 4.21. The zero-order valence-electron chi connectivity index (χ0n) is 12.1. The molecule has 0 aliphatic carbocycles. The van der Waals surface area contributed by atoms with E-state index >= 15 is 0 Å². The van der Waals surface area contributed by atoms with E-state index < -0.39 is 0 Å². The Morgan fingerprint density at radius 2 is 2.24 bits per heavy atom. The normalized spacial score (nSPS) is 25.6. The summed E-state index contributed by atoms with van der Waals surface area (Å²) in [7, 11) is 1.78. The molecule has 6 heteroatoms. The molecule has 0 aromatic carbocycles. The minimum absolute atomic E-state index is 0.229. The van der Waals surface area contributed by atoms with Crippen LogP contribution in [0.25, 0.3) is 0 Å². The fraction of sp³-hybridized carbons (Fsp3) is 0.533. The maximum Gasteiger partial charge on any atom is 0.410 e. The molecule has 1 aromatic rings. The van der Waals surface area contributed by atoms with Crippen LogP contribution in [0.3, 0.4) is 0 Å². The first-order valence-corrected chi connectivity index (χ1v) is 7.18. The number of anilines is 1. The van der Waals surface area contributed by atoms with Gasteiger partial charge in [0.1, 0.15) is 23.2 Å². The van der Waals surface area contributed by atoms with Crippen LogP contribution < -0.4 is 4.90 Å². The second kappa shape index (κ2) is 5.24. The number of pyridine rings is 1. The molecule has 2 aliphatic rings. The lowest BCUT2D eigenvalue weighted by Crippen LogP contribution is -2.35. The van der Waals surface area contributed by atoms with Gasteiger partial charge in [-0.2, -0.15) is 5.26 Å². The molecule has 1 spiro atoms. The standard InChI is InChI=1S/C15H18N4O2/c1-18-11-15(21-14(18)20)6-3-8-19(9-7-15)13-5-2-4-12(10-16)17-13/h2,4-5H,3,6-9,11H2,1H3/t15-/m0/s1. The highest BCUT2D eigenvalue weighted by molar-refractivity contribution is 5.70. The molecule has 3 heterocycles. The van der Waals surface area contributed by atoms with E-state index in [1.165, 1.54) is 0 Å². The monoisotopic (exact) mass is 286 g/mol. The van der Waals surface area contributed by atoms with E-state index in [-0.39, 0.29) is 11.7 Å². The number of ether oxygens (including phenoxy) is 1. The minimum Gasteiger partial charge on any atom is -0.441 e. The van der Waals surface area contributed by atoms with Crippen LogP contribution in [0.4, 0.5) is 10.6 Å². The molecule has 1 aromatic heterocycles. The summed E-state index contributed by atoms with van der Waals surface area (Å²) in [5, 5.41) is 8.95. The number of rotatable bonds is 1. The average Bonchev–Trinajstić information content (AvgIpc) is 2.65. The summed E-state index contributed by atoms with van der Waals surface area (Å²) in [6.45, 7) is 2.30. The summed E-state index contributed by atoms with van der Waals surface area (Å²) < 4.78 is 5.60. The molecule has 0 N–H and O–H groups in total. The van der Waals surface area contributed by atoms with Gasteiger partial charge in [0.25, 0.3) is 0 Å². The first-order valence-electron chi connectivity index (χ1n) is 7.18. The van der Waals surface area contributed by atoms with E-state index in [1.807, 2.05) is 12.1 Å². The van der Waals surface area contributed by atoms with Crippen molar-refractivity contribution in [3.63, 3.8) is 0 Å². The molecule has 0 saturated carbocycles. The van der Waals surface area contributed by atoms with Crippen LogP contribution in [0.2, 0.25) is 0 Å². The van der Waals surface area contributed by atoms with E-state index in [0.717, 1.165) is 38.2 Å². The molecule has 21 heavy (non-hydrogen) atoms. The summed E-state index contributed by atoms with van der Waals surface area (Å²) in [6, 6.07) is 7.55. The Kier molecular flexibility index (Phi) is 3.42. The third-order valence-electron chi connectivity index (χ3n) is 4.21. The van der Waals surface area contributed by atoms with E-state index in [2.05, 4.69) is 16.0 Å². The van der Waals surface area contributed by atoms with Crippen molar-refractivity contribution in [3.8, 4) is 6.07 Å². The molecule has 2 saturated heterocycles. The number of aromatic nitrogens is 1. The number of hydrogen-bond donors (Lipinski definition) is 0. The van der Waals surface area contributed by atoms with E-state index in [0.29, 0.717) is 12.2 Å². The minimum atomic E-state index is -0.354. The van der Waals surface area contributed by atoms with Crippen LogP contribution in [0.15, 0.2) is 18.2 Å². The van der Waals surface area contributed by atoms with Crippen molar-refractivity contribution in [2.24, 2.45) is 0 Å². The third kappa shape index (κ3) is 2.64. The molecule has 1 amide bonds. The zero-order chi connectivity index (χ0) is 14.9. The lowest BCUT2D eigenvalue weighted by molar-refractivity contribution is 0.0473. The van der Waals surface area contributed by atoms with Gasteiger partial charge in [0.2, 0.25) is 0 Å². The van der Waals surface area contributed by atoms with Crippen molar-refractivity contribution >= 4 is 11.9 Å². The SMILES string of the molecule is CN1C[C@@]2(CCCN(c3cccc(C#N)n3)CC2)OC1=O. The van der Waals surface area contributed by atoms with Gasteiger partial charge < -0.3 is 14.5 Å². The van der Waals surface area contributed by atoms with E-state index in [1.54, 1.807) is 18.0 Å². The number of amides is 1. The number of nitrogens with zero attached hydrogens (tertiary/aromatic N) is 4. The average molecular weight is 286 g/mol. The quantitative estimate of drug-likeness (QED) is 0.787. The lowest BCUT2D eigenvalue weighted by Gasteiger charge is -2.25. The Morgan fingerprint density at radius 3 is 2.95 bits per heavy atom. The lowest BCUT2D eigenvalue weighted by atomic mass is 9.95. The van der Waals surface area contributed by atoms with Crippen molar-refractivity contribution in [3.05, 3.63) is 23.9 Å². The summed E-state index contributed by atoms with van der Waals surface area (Å²) >= 11 is 0. The smallest absolute Gasteiger partial charge is 0.410 e. The number of hydrogen-bond acceptors (Lipinski definition) is 5. The van der Waals surface area contributed by atoms with Gasteiger partial charge in [-0.15, -0.1) is 0 Å². The van der Waals surface area contributed by atoms with Crippen LogP contribution in [-0.2, 0) is 4.74 Å². The summed E-state index contributed by atoms with van der Waals surface area (Å²) in [6.07, 6.45) is 2.38. The van der Waals surface area contributed by atoms with Crippen molar-refractivity contribution in [1.29, 1.82) is 5.26 Å². The number of carbonyl (C=O) groups is 1. The topological polar surface area (TPSA) is 69.5 Å². The molecule has 3 rings (SSSR count). The Balaban J connectivity index is 1.74.